The Morgan fingerprint density at radius 3 is 2.57 bits per heavy atom. The largest absolute Gasteiger partial charge is 0.263 e. The number of aromatic nitrogens is 3. The number of hydrogen-bond acceptors (Lipinski definition) is 4. The summed E-state index contributed by atoms with van der Waals surface area (Å²) >= 11 is 6.25. The molecule has 0 atom stereocenters. The van der Waals surface area contributed by atoms with Crippen molar-refractivity contribution in [1.82, 2.24) is 14.8 Å². The second-order valence-electron chi connectivity index (χ2n) is 5.38. The van der Waals surface area contributed by atoms with Crippen molar-refractivity contribution in [3.8, 4) is 5.69 Å². The van der Waals surface area contributed by atoms with Gasteiger partial charge in [-0.2, -0.15) is 5.10 Å². The average Bonchev–Trinajstić information content (AvgIpc) is 2.89. The van der Waals surface area contributed by atoms with Gasteiger partial charge in [0.25, 0.3) is 5.95 Å². The third kappa shape index (κ3) is 2.21. The van der Waals surface area contributed by atoms with Gasteiger partial charge in [-0.25, -0.2) is 5.01 Å². The number of hydrogen-bond donors (Lipinski definition) is 0. The molecule has 3 aromatic rings. The number of benzene rings is 2. The fourth-order valence-electron chi connectivity index (χ4n) is 2.79. The first kappa shape index (κ1) is 14.0. The minimum absolute atomic E-state index is 0.671. The van der Waals surface area contributed by atoms with E-state index in [4.69, 9.17) is 16.7 Å². The molecule has 0 radical (unpaired) electrons. The van der Waals surface area contributed by atoms with E-state index in [1.807, 2.05) is 67.1 Å². The Labute approximate surface area is 138 Å². The Morgan fingerprint density at radius 2 is 1.78 bits per heavy atom. The molecule has 0 N–H and O–H groups in total. The van der Waals surface area contributed by atoms with Crippen molar-refractivity contribution in [3.05, 3.63) is 70.5 Å². The zero-order valence-corrected chi connectivity index (χ0v) is 13.5. The fourth-order valence-corrected chi connectivity index (χ4v) is 2.97. The van der Waals surface area contributed by atoms with Crippen molar-refractivity contribution >= 4 is 23.3 Å². The predicted molar refractivity (Wildman–Crippen MR) is 91.6 cm³/mol. The van der Waals surface area contributed by atoms with Crippen LogP contribution in [0.3, 0.4) is 0 Å². The van der Waals surface area contributed by atoms with Crippen LogP contribution >= 0.6 is 11.6 Å². The Morgan fingerprint density at radius 1 is 1.00 bits per heavy atom. The molecule has 0 aliphatic carbocycles. The van der Waals surface area contributed by atoms with Gasteiger partial charge < -0.3 is 0 Å². The van der Waals surface area contributed by atoms with E-state index < -0.39 is 0 Å². The molecular weight excluding hydrogens is 310 g/mol. The topological polar surface area (TPSA) is 46.3 Å². The van der Waals surface area contributed by atoms with E-state index >= 15 is 0 Å². The lowest BCUT2D eigenvalue weighted by molar-refractivity contribution is 0.899. The molecule has 0 spiro atoms. The van der Waals surface area contributed by atoms with Crippen molar-refractivity contribution in [3.63, 3.8) is 0 Å². The molecule has 0 saturated heterocycles. The summed E-state index contributed by atoms with van der Waals surface area (Å²) in [6.45, 7) is 1.93. The molecule has 0 unspecified atom stereocenters. The van der Waals surface area contributed by atoms with Crippen LogP contribution < -0.4 is 5.01 Å². The summed E-state index contributed by atoms with van der Waals surface area (Å²) in [5.74, 6) is 1.48. The number of aryl methyl sites for hydroxylation is 1. The molecule has 0 fully saturated rings. The van der Waals surface area contributed by atoms with E-state index in [2.05, 4.69) is 10.2 Å². The number of fused-ring (bicyclic) bond motifs is 3. The molecular formula is C17H14ClN5. The molecule has 2 heterocycles. The third-order valence-electron chi connectivity index (χ3n) is 3.85. The van der Waals surface area contributed by atoms with E-state index in [0.29, 0.717) is 11.0 Å². The predicted octanol–water partition coefficient (Wildman–Crippen LogP) is 3.43. The Kier molecular flexibility index (Phi) is 3.16. The van der Waals surface area contributed by atoms with Crippen LogP contribution in [0.15, 0.2) is 53.6 Å². The number of halogens is 1. The Bertz CT molecular complexity index is 914. The van der Waals surface area contributed by atoms with Gasteiger partial charge in [0, 0.05) is 23.2 Å². The first-order chi connectivity index (χ1) is 11.1. The zero-order chi connectivity index (χ0) is 16.0. The lowest BCUT2D eigenvalue weighted by Crippen LogP contribution is -2.14. The molecule has 0 bridgehead atoms. The van der Waals surface area contributed by atoms with Crippen LogP contribution in [0.4, 0.5) is 5.95 Å². The van der Waals surface area contributed by atoms with Gasteiger partial charge in [-0.3, -0.25) is 4.57 Å². The lowest BCUT2D eigenvalue weighted by Gasteiger charge is -2.12. The van der Waals surface area contributed by atoms with Crippen LogP contribution in [0.25, 0.3) is 5.69 Å². The highest BCUT2D eigenvalue weighted by Crippen LogP contribution is 2.30. The quantitative estimate of drug-likeness (QED) is 0.689. The molecule has 6 heteroatoms. The van der Waals surface area contributed by atoms with Crippen molar-refractivity contribution in [2.75, 3.05) is 12.1 Å². The molecule has 4 rings (SSSR count). The number of rotatable bonds is 1. The van der Waals surface area contributed by atoms with Crippen LogP contribution in [0.5, 0.6) is 0 Å². The number of hydrazone groups is 1. The highest BCUT2D eigenvalue weighted by molar-refractivity contribution is 6.31. The summed E-state index contributed by atoms with van der Waals surface area (Å²) in [5, 5.41) is 15.6. The van der Waals surface area contributed by atoms with E-state index in [-0.39, 0.29) is 0 Å². The molecule has 5 nitrogen and oxygen atoms in total. The SMILES string of the molecule is Cc1nnc2n1-c1ccc(Cl)cc1C(c1ccccc1)=NN2C. The molecule has 0 amide bonds. The zero-order valence-electron chi connectivity index (χ0n) is 12.7. The average molecular weight is 324 g/mol. The minimum Gasteiger partial charge on any atom is -0.263 e. The van der Waals surface area contributed by atoms with Crippen LogP contribution in [0, 0.1) is 6.92 Å². The molecule has 2 aromatic carbocycles. The fraction of sp³-hybridized carbons (Fsp3) is 0.118. The maximum Gasteiger partial charge on any atom is 0.252 e. The first-order valence-electron chi connectivity index (χ1n) is 7.25. The van der Waals surface area contributed by atoms with E-state index in [1.54, 1.807) is 5.01 Å². The van der Waals surface area contributed by atoms with Crippen molar-refractivity contribution in [2.45, 2.75) is 6.92 Å². The van der Waals surface area contributed by atoms with Gasteiger partial charge in [-0.15, -0.1) is 10.2 Å². The van der Waals surface area contributed by atoms with Crippen molar-refractivity contribution in [1.29, 1.82) is 0 Å². The van der Waals surface area contributed by atoms with Gasteiger partial charge in [0.15, 0.2) is 0 Å². The van der Waals surface area contributed by atoms with Crippen LogP contribution in [0.1, 0.15) is 17.0 Å². The summed E-state index contributed by atoms with van der Waals surface area (Å²) in [5.41, 5.74) is 3.81. The molecule has 1 aromatic heterocycles. The summed E-state index contributed by atoms with van der Waals surface area (Å²) in [6, 6.07) is 15.9. The van der Waals surface area contributed by atoms with E-state index in [1.165, 1.54) is 0 Å². The maximum absolute atomic E-state index is 6.25. The van der Waals surface area contributed by atoms with E-state index in [9.17, 15) is 0 Å². The Balaban J connectivity index is 2.06. The highest BCUT2D eigenvalue weighted by atomic mass is 35.5. The van der Waals surface area contributed by atoms with Gasteiger partial charge in [0.2, 0.25) is 0 Å². The summed E-state index contributed by atoms with van der Waals surface area (Å²) in [6.07, 6.45) is 0. The smallest absolute Gasteiger partial charge is 0.252 e. The van der Waals surface area contributed by atoms with Crippen molar-refractivity contribution in [2.24, 2.45) is 5.10 Å². The number of nitrogens with zero attached hydrogens (tertiary/aromatic N) is 5. The van der Waals surface area contributed by atoms with Crippen LogP contribution in [-0.4, -0.2) is 27.5 Å². The second kappa shape index (κ2) is 5.21. The monoisotopic (exact) mass is 323 g/mol. The van der Waals surface area contributed by atoms with Crippen LogP contribution in [0.2, 0.25) is 5.02 Å². The standard InChI is InChI=1S/C17H14ClN5/c1-11-19-20-17-22(2)21-16(12-6-4-3-5-7-12)14-10-13(18)8-9-15(14)23(11)17/h3-10H,1-2H3. The first-order valence-corrected chi connectivity index (χ1v) is 7.63. The summed E-state index contributed by atoms with van der Waals surface area (Å²) in [4.78, 5) is 0. The summed E-state index contributed by atoms with van der Waals surface area (Å²) < 4.78 is 1.99. The van der Waals surface area contributed by atoms with Crippen LogP contribution in [-0.2, 0) is 0 Å². The molecule has 1 aliphatic heterocycles. The second-order valence-corrected chi connectivity index (χ2v) is 5.82. The Hall–Kier alpha value is -2.66. The maximum atomic E-state index is 6.25. The lowest BCUT2D eigenvalue weighted by atomic mass is 10.0. The van der Waals surface area contributed by atoms with Gasteiger partial charge >= 0.3 is 0 Å². The highest BCUT2D eigenvalue weighted by Gasteiger charge is 2.24. The van der Waals surface area contributed by atoms with Gasteiger partial charge in [0.1, 0.15) is 11.5 Å². The van der Waals surface area contributed by atoms with E-state index in [0.717, 1.165) is 28.4 Å². The van der Waals surface area contributed by atoms with Gasteiger partial charge in [-0.1, -0.05) is 41.9 Å². The van der Waals surface area contributed by atoms with Gasteiger partial charge in [0.05, 0.1) is 5.69 Å². The van der Waals surface area contributed by atoms with Crippen molar-refractivity contribution < 1.29 is 0 Å². The molecule has 114 valence electrons. The summed E-state index contributed by atoms with van der Waals surface area (Å²) in [7, 11) is 1.87. The molecule has 1 aliphatic rings. The molecule has 23 heavy (non-hydrogen) atoms. The van der Waals surface area contributed by atoms with Gasteiger partial charge in [-0.05, 0) is 25.1 Å². The third-order valence-corrected chi connectivity index (χ3v) is 4.08. The minimum atomic E-state index is 0.671. The molecule has 0 saturated carbocycles. The normalized spacial score (nSPS) is 13.2. The number of anilines is 1.